The van der Waals surface area contributed by atoms with Gasteiger partial charge in [0.15, 0.2) is 5.58 Å². The molecule has 3 aromatic rings. The smallest absolute Gasteiger partial charge is 0.298 e. The standard InChI is InChI=1S/C16H15Cl2N3OS/c1-9-8-19-4-5-21(9)16-20-12-7-10(17)6-11(15(12)22-16)13-2-3-14(18)23-13/h2-3,6-7,9,19H,4-5,8H2,1H3/t9-/m0/s1. The summed E-state index contributed by atoms with van der Waals surface area (Å²) in [6.07, 6.45) is 0. The van der Waals surface area contributed by atoms with E-state index in [4.69, 9.17) is 27.6 Å². The molecule has 1 atom stereocenters. The zero-order chi connectivity index (χ0) is 16.0. The van der Waals surface area contributed by atoms with Crippen LogP contribution in [0.25, 0.3) is 21.5 Å². The van der Waals surface area contributed by atoms with Crippen LogP contribution in [-0.2, 0) is 0 Å². The van der Waals surface area contributed by atoms with Crippen molar-refractivity contribution in [2.24, 2.45) is 0 Å². The van der Waals surface area contributed by atoms with Crippen LogP contribution in [0.4, 0.5) is 6.01 Å². The Kier molecular flexibility index (Phi) is 3.97. The van der Waals surface area contributed by atoms with Gasteiger partial charge < -0.3 is 14.6 Å². The third kappa shape index (κ3) is 2.83. The van der Waals surface area contributed by atoms with Crippen LogP contribution in [0.2, 0.25) is 9.36 Å². The maximum Gasteiger partial charge on any atom is 0.298 e. The van der Waals surface area contributed by atoms with Gasteiger partial charge in [0.25, 0.3) is 6.01 Å². The Balaban J connectivity index is 1.84. The second kappa shape index (κ2) is 5.98. The van der Waals surface area contributed by atoms with E-state index in [1.165, 1.54) is 11.3 Å². The predicted molar refractivity (Wildman–Crippen MR) is 97.0 cm³/mol. The third-order valence-corrected chi connectivity index (χ3v) is 5.51. The van der Waals surface area contributed by atoms with Gasteiger partial charge in [0.1, 0.15) is 5.52 Å². The van der Waals surface area contributed by atoms with Crippen LogP contribution in [-0.4, -0.2) is 30.7 Å². The quantitative estimate of drug-likeness (QED) is 0.714. The molecule has 0 aliphatic carbocycles. The Morgan fingerprint density at radius 3 is 2.96 bits per heavy atom. The maximum atomic E-state index is 6.27. The number of oxazole rings is 1. The Bertz CT molecular complexity index is 860. The molecule has 2 aromatic heterocycles. The van der Waals surface area contributed by atoms with Crippen LogP contribution in [0.1, 0.15) is 6.92 Å². The molecular formula is C16H15Cl2N3OS. The van der Waals surface area contributed by atoms with Gasteiger partial charge in [0, 0.05) is 41.1 Å². The molecule has 4 nitrogen and oxygen atoms in total. The van der Waals surface area contributed by atoms with Gasteiger partial charge in [-0.3, -0.25) is 0 Å². The minimum atomic E-state index is 0.340. The van der Waals surface area contributed by atoms with Gasteiger partial charge in [-0.2, -0.15) is 4.98 Å². The summed E-state index contributed by atoms with van der Waals surface area (Å²) in [6.45, 7) is 4.89. The van der Waals surface area contributed by atoms with Gasteiger partial charge in [0.05, 0.1) is 4.34 Å². The van der Waals surface area contributed by atoms with E-state index in [0.717, 1.165) is 45.5 Å². The number of thiophene rings is 1. The number of rotatable bonds is 2. The highest BCUT2D eigenvalue weighted by atomic mass is 35.5. The van der Waals surface area contributed by atoms with Crippen LogP contribution in [0, 0.1) is 0 Å². The van der Waals surface area contributed by atoms with Crippen LogP contribution in [0.15, 0.2) is 28.7 Å². The lowest BCUT2D eigenvalue weighted by atomic mass is 10.1. The molecule has 7 heteroatoms. The molecule has 1 N–H and O–H groups in total. The average molecular weight is 368 g/mol. The highest BCUT2D eigenvalue weighted by Crippen LogP contribution is 2.39. The SMILES string of the molecule is C[C@H]1CNCCN1c1nc2cc(Cl)cc(-c3ccc(Cl)s3)c2o1. The molecule has 0 radical (unpaired) electrons. The summed E-state index contributed by atoms with van der Waals surface area (Å²) in [5.41, 5.74) is 2.47. The van der Waals surface area contributed by atoms with Crippen molar-refractivity contribution in [2.45, 2.75) is 13.0 Å². The molecule has 3 heterocycles. The minimum Gasteiger partial charge on any atom is -0.423 e. The average Bonchev–Trinajstić information content (AvgIpc) is 3.13. The fourth-order valence-corrected chi connectivity index (χ4v) is 4.15. The monoisotopic (exact) mass is 367 g/mol. The Morgan fingerprint density at radius 1 is 1.35 bits per heavy atom. The van der Waals surface area contributed by atoms with Crippen molar-refractivity contribution in [3.8, 4) is 10.4 Å². The fraction of sp³-hybridized carbons (Fsp3) is 0.312. The second-order valence-corrected chi connectivity index (χ2v) is 7.80. The lowest BCUT2D eigenvalue weighted by Gasteiger charge is -2.32. The van der Waals surface area contributed by atoms with E-state index in [1.54, 1.807) is 0 Å². The van der Waals surface area contributed by atoms with Crippen molar-refractivity contribution in [1.82, 2.24) is 10.3 Å². The predicted octanol–water partition coefficient (Wildman–Crippen LogP) is 4.66. The number of anilines is 1. The highest BCUT2D eigenvalue weighted by molar-refractivity contribution is 7.19. The molecule has 1 aromatic carbocycles. The molecular weight excluding hydrogens is 353 g/mol. The summed E-state index contributed by atoms with van der Waals surface area (Å²) < 4.78 is 6.86. The van der Waals surface area contributed by atoms with Crippen LogP contribution in [0.3, 0.4) is 0 Å². The first-order valence-corrected chi connectivity index (χ1v) is 9.02. The van der Waals surface area contributed by atoms with E-state index >= 15 is 0 Å². The second-order valence-electron chi connectivity index (χ2n) is 5.65. The molecule has 4 rings (SSSR count). The number of hydrogen-bond donors (Lipinski definition) is 1. The topological polar surface area (TPSA) is 41.3 Å². The van der Waals surface area contributed by atoms with E-state index < -0.39 is 0 Å². The third-order valence-electron chi connectivity index (χ3n) is 4.03. The molecule has 1 aliphatic heterocycles. The molecule has 120 valence electrons. The molecule has 23 heavy (non-hydrogen) atoms. The van der Waals surface area contributed by atoms with Gasteiger partial charge >= 0.3 is 0 Å². The van der Waals surface area contributed by atoms with Gasteiger partial charge in [-0.1, -0.05) is 23.2 Å². The normalized spacial score (nSPS) is 18.7. The summed E-state index contributed by atoms with van der Waals surface area (Å²) in [6, 6.07) is 8.60. The number of halogens is 2. The van der Waals surface area contributed by atoms with Crippen molar-refractivity contribution in [1.29, 1.82) is 0 Å². The molecule has 0 saturated carbocycles. The van der Waals surface area contributed by atoms with E-state index in [0.29, 0.717) is 17.1 Å². The Hall–Kier alpha value is -1.27. The van der Waals surface area contributed by atoms with Crippen molar-refractivity contribution in [3.05, 3.63) is 33.6 Å². The molecule has 0 amide bonds. The zero-order valence-corrected chi connectivity index (χ0v) is 14.8. The summed E-state index contributed by atoms with van der Waals surface area (Å²) in [7, 11) is 0. The van der Waals surface area contributed by atoms with Gasteiger partial charge in [-0.05, 0) is 31.2 Å². The van der Waals surface area contributed by atoms with Gasteiger partial charge in [-0.15, -0.1) is 11.3 Å². The van der Waals surface area contributed by atoms with E-state index in [1.807, 2.05) is 24.3 Å². The van der Waals surface area contributed by atoms with Crippen molar-refractivity contribution < 1.29 is 4.42 Å². The summed E-state index contributed by atoms with van der Waals surface area (Å²) in [5.74, 6) is 0. The largest absolute Gasteiger partial charge is 0.423 e. The number of benzene rings is 1. The number of aromatic nitrogens is 1. The lowest BCUT2D eigenvalue weighted by molar-refractivity contribution is 0.456. The molecule has 1 saturated heterocycles. The van der Waals surface area contributed by atoms with E-state index in [9.17, 15) is 0 Å². The van der Waals surface area contributed by atoms with E-state index in [2.05, 4.69) is 22.1 Å². The Labute approximate surface area is 148 Å². The van der Waals surface area contributed by atoms with Crippen LogP contribution in [0.5, 0.6) is 0 Å². The summed E-state index contributed by atoms with van der Waals surface area (Å²) in [5, 5.41) is 4.02. The lowest BCUT2D eigenvalue weighted by Crippen LogP contribution is -2.50. The number of nitrogens with zero attached hydrogens (tertiary/aromatic N) is 2. The molecule has 1 aliphatic rings. The Morgan fingerprint density at radius 2 is 2.22 bits per heavy atom. The van der Waals surface area contributed by atoms with Crippen molar-refractivity contribution in [2.75, 3.05) is 24.5 Å². The number of nitrogens with one attached hydrogen (secondary N) is 1. The van der Waals surface area contributed by atoms with Crippen molar-refractivity contribution >= 4 is 51.7 Å². The maximum absolute atomic E-state index is 6.27. The summed E-state index contributed by atoms with van der Waals surface area (Å²) in [4.78, 5) is 7.88. The summed E-state index contributed by atoms with van der Waals surface area (Å²) >= 11 is 13.8. The first-order valence-electron chi connectivity index (χ1n) is 7.45. The number of fused-ring (bicyclic) bond motifs is 1. The molecule has 0 bridgehead atoms. The van der Waals surface area contributed by atoms with Crippen molar-refractivity contribution in [3.63, 3.8) is 0 Å². The minimum absolute atomic E-state index is 0.340. The zero-order valence-electron chi connectivity index (χ0n) is 12.5. The molecule has 0 spiro atoms. The first-order chi connectivity index (χ1) is 11.1. The van der Waals surface area contributed by atoms with Gasteiger partial charge in [-0.25, -0.2) is 0 Å². The fourth-order valence-electron chi connectivity index (χ4n) is 2.88. The molecule has 0 unspecified atom stereocenters. The van der Waals surface area contributed by atoms with Gasteiger partial charge in [0.2, 0.25) is 0 Å². The molecule has 1 fully saturated rings. The number of hydrogen-bond acceptors (Lipinski definition) is 5. The number of piperazine rings is 1. The highest BCUT2D eigenvalue weighted by Gasteiger charge is 2.24. The first kappa shape index (κ1) is 15.3. The van der Waals surface area contributed by atoms with E-state index in [-0.39, 0.29) is 0 Å². The van der Waals surface area contributed by atoms with Crippen LogP contribution < -0.4 is 10.2 Å². The van der Waals surface area contributed by atoms with Crippen LogP contribution >= 0.6 is 34.5 Å².